The van der Waals surface area contributed by atoms with Crippen molar-refractivity contribution in [1.29, 1.82) is 0 Å². The zero-order valence-electron chi connectivity index (χ0n) is 13.1. The average molecular weight is 279 g/mol. The van der Waals surface area contributed by atoms with Crippen molar-refractivity contribution in [2.75, 3.05) is 13.1 Å². The van der Waals surface area contributed by atoms with Gasteiger partial charge in [0.1, 0.15) is 0 Å². The minimum absolute atomic E-state index is 0.0513. The minimum Gasteiger partial charge on any atom is -0.321 e. The molecule has 4 heteroatoms. The Kier molecular flexibility index (Phi) is 4.04. The molecular weight excluding hydrogens is 250 g/mol. The molecule has 3 rings (SSSR count). The first-order chi connectivity index (χ1) is 9.61. The van der Waals surface area contributed by atoms with Crippen molar-refractivity contribution in [2.24, 2.45) is 5.92 Å². The molecule has 3 fully saturated rings. The van der Waals surface area contributed by atoms with Gasteiger partial charge in [-0.05, 0) is 44.6 Å². The van der Waals surface area contributed by atoms with Crippen molar-refractivity contribution in [2.45, 2.75) is 77.2 Å². The number of rotatable bonds is 4. The van der Waals surface area contributed by atoms with Crippen LogP contribution in [-0.2, 0) is 4.79 Å². The Balaban J connectivity index is 1.75. The van der Waals surface area contributed by atoms with Crippen LogP contribution in [0.1, 0.15) is 52.9 Å². The molecule has 0 aromatic carbocycles. The number of carbonyl (C=O) groups is 1. The van der Waals surface area contributed by atoms with E-state index in [0.717, 1.165) is 12.8 Å². The molecule has 4 unspecified atom stereocenters. The average Bonchev–Trinajstić information content (AvgIpc) is 3.05. The van der Waals surface area contributed by atoms with Crippen molar-refractivity contribution in [3.05, 3.63) is 0 Å². The number of hydrogen-bond acceptors (Lipinski definition) is 3. The van der Waals surface area contributed by atoms with Gasteiger partial charge in [0.25, 0.3) is 0 Å². The van der Waals surface area contributed by atoms with Crippen LogP contribution in [0.3, 0.4) is 0 Å². The van der Waals surface area contributed by atoms with Gasteiger partial charge in [-0.15, -0.1) is 0 Å². The van der Waals surface area contributed by atoms with E-state index < -0.39 is 0 Å². The number of amides is 1. The summed E-state index contributed by atoms with van der Waals surface area (Å²) in [6.45, 7) is 9.02. The van der Waals surface area contributed by atoms with Gasteiger partial charge in [0, 0.05) is 12.6 Å². The largest absolute Gasteiger partial charge is 0.321 e. The number of carbonyl (C=O) groups excluding carboxylic acids is 1. The van der Waals surface area contributed by atoms with Crippen molar-refractivity contribution in [3.8, 4) is 0 Å². The lowest BCUT2D eigenvalue weighted by atomic mass is 10.0. The molecule has 3 aliphatic rings. The van der Waals surface area contributed by atoms with Crippen LogP contribution >= 0.6 is 0 Å². The lowest BCUT2D eigenvalue weighted by Crippen LogP contribution is -2.49. The number of nitrogens with one attached hydrogen (secondary N) is 1. The summed E-state index contributed by atoms with van der Waals surface area (Å²) in [6.07, 6.45) is 6.00. The van der Waals surface area contributed by atoms with Crippen LogP contribution in [0.5, 0.6) is 0 Å². The fourth-order valence-corrected chi connectivity index (χ4v) is 4.45. The molecule has 0 radical (unpaired) electrons. The van der Waals surface area contributed by atoms with Crippen LogP contribution in [0, 0.1) is 5.92 Å². The Morgan fingerprint density at radius 1 is 1.25 bits per heavy atom. The lowest BCUT2D eigenvalue weighted by Gasteiger charge is -2.33. The normalized spacial score (nSPS) is 38.2. The number of nitrogens with zero attached hydrogens (tertiary/aromatic N) is 2. The summed E-state index contributed by atoms with van der Waals surface area (Å²) in [5.74, 6) is 0.935. The molecular formula is C16H29N3O. The van der Waals surface area contributed by atoms with Gasteiger partial charge in [-0.3, -0.25) is 15.0 Å². The highest BCUT2D eigenvalue weighted by Gasteiger charge is 2.48. The Labute approximate surface area is 122 Å². The SMILES string of the molecule is CCC1NC(CC(C)C)C(=O)N1C1CCN2CCCC12. The fraction of sp³-hybridized carbons (Fsp3) is 0.938. The molecule has 0 saturated carbocycles. The second-order valence-electron chi connectivity index (χ2n) is 7.12. The van der Waals surface area contributed by atoms with Gasteiger partial charge in [-0.25, -0.2) is 0 Å². The molecule has 4 nitrogen and oxygen atoms in total. The maximum absolute atomic E-state index is 12.8. The van der Waals surface area contributed by atoms with E-state index in [2.05, 4.69) is 35.9 Å². The van der Waals surface area contributed by atoms with Gasteiger partial charge >= 0.3 is 0 Å². The van der Waals surface area contributed by atoms with E-state index in [1.54, 1.807) is 0 Å². The Hall–Kier alpha value is -0.610. The van der Waals surface area contributed by atoms with Crippen molar-refractivity contribution >= 4 is 5.91 Å². The molecule has 4 atom stereocenters. The molecule has 3 heterocycles. The smallest absolute Gasteiger partial charge is 0.241 e. The van der Waals surface area contributed by atoms with Crippen molar-refractivity contribution in [1.82, 2.24) is 15.1 Å². The molecule has 0 aromatic rings. The predicted octanol–water partition coefficient (Wildman–Crippen LogP) is 1.81. The zero-order valence-corrected chi connectivity index (χ0v) is 13.1. The fourth-order valence-electron chi connectivity index (χ4n) is 4.45. The van der Waals surface area contributed by atoms with E-state index in [9.17, 15) is 4.79 Å². The van der Waals surface area contributed by atoms with E-state index in [1.165, 1.54) is 32.4 Å². The maximum Gasteiger partial charge on any atom is 0.241 e. The Morgan fingerprint density at radius 3 is 2.75 bits per heavy atom. The first-order valence-corrected chi connectivity index (χ1v) is 8.44. The third-order valence-corrected chi connectivity index (χ3v) is 5.30. The molecule has 0 spiro atoms. The zero-order chi connectivity index (χ0) is 14.3. The van der Waals surface area contributed by atoms with Gasteiger partial charge in [0.05, 0.1) is 18.2 Å². The topological polar surface area (TPSA) is 35.6 Å². The quantitative estimate of drug-likeness (QED) is 0.852. The molecule has 1 amide bonds. The first kappa shape index (κ1) is 14.3. The van der Waals surface area contributed by atoms with Crippen LogP contribution in [0.2, 0.25) is 0 Å². The van der Waals surface area contributed by atoms with Gasteiger partial charge in [0.15, 0.2) is 0 Å². The van der Waals surface area contributed by atoms with Crippen LogP contribution in [0.15, 0.2) is 0 Å². The Bertz CT molecular complexity index is 371. The van der Waals surface area contributed by atoms with Crippen LogP contribution in [0.4, 0.5) is 0 Å². The second-order valence-corrected chi connectivity index (χ2v) is 7.12. The van der Waals surface area contributed by atoms with Crippen LogP contribution in [-0.4, -0.2) is 53.1 Å². The minimum atomic E-state index is 0.0513. The van der Waals surface area contributed by atoms with E-state index in [1.807, 2.05) is 0 Å². The standard InChI is InChI=1S/C16H29N3O/c1-4-15-17-12(10-11(2)3)16(20)19(15)14-7-9-18-8-5-6-13(14)18/h11-15,17H,4-10H2,1-3H3. The molecule has 0 aliphatic carbocycles. The van der Waals surface area contributed by atoms with E-state index in [4.69, 9.17) is 0 Å². The second kappa shape index (κ2) is 5.64. The van der Waals surface area contributed by atoms with Crippen molar-refractivity contribution < 1.29 is 4.79 Å². The van der Waals surface area contributed by atoms with E-state index >= 15 is 0 Å². The highest BCUT2D eigenvalue weighted by molar-refractivity contribution is 5.84. The highest BCUT2D eigenvalue weighted by atomic mass is 16.2. The molecule has 1 N–H and O–H groups in total. The van der Waals surface area contributed by atoms with Crippen molar-refractivity contribution in [3.63, 3.8) is 0 Å². The van der Waals surface area contributed by atoms with Crippen LogP contribution < -0.4 is 5.32 Å². The third kappa shape index (κ3) is 2.37. The predicted molar refractivity (Wildman–Crippen MR) is 80.3 cm³/mol. The van der Waals surface area contributed by atoms with Gasteiger partial charge < -0.3 is 4.90 Å². The number of fused-ring (bicyclic) bond motifs is 1. The molecule has 114 valence electrons. The summed E-state index contributed by atoms with van der Waals surface area (Å²) in [5, 5.41) is 3.59. The third-order valence-electron chi connectivity index (χ3n) is 5.30. The van der Waals surface area contributed by atoms with E-state index in [0.29, 0.717) is 23.9 Å². The van der Waals surface area contributed by atoms with Crippen LogP contribution in [0.25, 0.3) is 0 Å². The first-order valence-electron chi connectivity index (χ1n) is 8.44. The van der Waals surface area contributed by atoms with Gasteiger partial charge in [0.2, 0.25) is 5.91 Å². The molecule has 3 aliphatic heterocycles. The summed E-state index contributed by atoms with van der Waals surface area (Å²) >= 11 is 0. The molecule has 3 saturated heterocycles. The molecule has 20 heavy (non-hydrogen) atoms. The molecule has 0 bridgehead atoms. The van der Waals surface area contributed by atoms with Gasteiger partial charge in [-0.2, -0.15) is 0 Å². The lowest BCUT2D eigenvalue weighted by molar-refractivity contribution is -0.133. The van der Waals surface area contributed by atoms with E-state index in [-0.39, 0.29) is 12.2 Å². The maximum atomic E-state index is 12.8. The summed E-state index contributed by atoms with van der Waals surface area (Å²) in [4.78, 5) is 17.7. The summed E-state index contributed by atoms with van der Waals surface area (Å²) in [7, 11) is 0. The summed E-state index contributed by atoms with van der Waals surface area (Å²) < 4.78 is 0. The van der Waals surface area contributed by atoms with Gasteiger partial charge in [-0.1, -0.05) is 20.8 Å². The summed E-state index contributed by atoms with van der Waals surface area (Å²) in [6, 6.07) is 1.14. The molecule has 0 aromatic heterocycles. The monoisotopic (exact) mass is 279 g/mol. The summed E-state index contributed by atoms with van der Waals surface area (Å²) in [5.41, 5.74) is 0. The highest BCUT2D eigenvalue weighted by Crippen LogP contribution is 2.34. The Morgan fingerprint density at radius 2 is 2.05 bits per heavy atom. The number of hydrogen-bond donors (Lipinski definition) is 1.